The van der Waals surface area contributed by atoms with E-state index in [-0.39, 0.29) is 5.91 Å². The molecule has 1 aliphatic carbocycles. The van der Waals surface area contributed by atoms with E-state index in [1.807, 2.05) is 42.3 Å². The van der Waals surface area contributed by atoms with Crippen molar-refractivity contribution in [2.24, 2.45) is 0 Å². The van der Waals surface area contributed by atoms with Crippen LogP contribution in [-0.4, -0.2) is 33.4 Å². The average molecular weight is 323 g/mol. The normalized spacial score (nSPS) is 18.8. The Balaban J connectivity index is 1.45. The minimum atomic E-state index is 0.168. The lowest BCUT2D eigenvalue weighted by Gasteiger charge is -2.34. The van der Waals surface area contributed by atoms with Crippen LogP contribution in [0.15, 0.2) is 30.5 Å². The van der Waals surface area contributed by atoms with Crippen LogP contribution < -0.4 is 0 Å². The van der Waals surface area contributed by atoms with Gasteiger partial charge in [0.1, 0.15) is 5.82 Å². The molecule has 0 atom stereocenters. The minimum absolute atomic E-state index is 0.168. The molecule has 1 saturated heterocycles. The number of aryl methyl sites for hydroxylation is 2. The van der Waals surface area contributed by atoms with Crippen LogP contribution in [0.25, 0.3) is 0 Å². The molecular weight excluding hydrogens is 298 g/mol. The zero-order valence-corrected chi connectivity index (χ0v) is 14.5. The van der Waals surface area contributed by atoms with Crippen molar-refractivity contribution in [1.82, 2.24) is 14.5 Å². The number of hydrogen-bond donors (Lipinski definition) is 0. The quantitative estimate of drug-likeness (QED) is 0.860. The maximum Gasteiger partial charge on any atom is 0.253 e. The van der Waals surface area contributed by atoms with Crippen molar-refractivity contribution in [2.75, 3.05) is 13.1 Å². The van der Waals surface area contributed by atoms with Gasteiger partial charge in [-0.3, -0.25) is 4.79 Å². The van der Waals surface area contributed by atoms with E-state index in [0.29, 0.717) is 12.0 Å². The zero-order valence-electron chi connectivity index (χ0n) is 14.5. The van der Waals surface area contributed by atoms with Gasteiger partial charge in [0.15, 0.2) is 0 Å². The Labute approximate surface area is 143 Å². The molecule has 4 nitrogen and oxygen atoms in total. The molecule has 24 heavy (non-hydrogen) atoms. The van der Waals surface area contributed by atoms with Crippen molar-refractivity contribution in [3.8, 4) is 0 Å². The fourth-order valence-electron chi connectivity index (χ4n) is 3.87. The van der Waals surface area contributed by atoms with Gasteiger partial charge in [0, 0.05) is 42.5 Å². The number of likely N-dealkylation sites (tertiary alicyclic amines) is 1. The summed E-state index contributed by atoms with van der Waals surface area (Å²) in [6, 6.07) is 8.40. The smallest absolute Gasteiger partial charge is 0.253 e. The summed E-state index contributed by atoms with van der Waals surface area (Å²) < 4.78 is 2.45. The molecule has 0 spiro atoms. The molecule has 1 aliphatic heterocycles. The average Bonchev–Trinajstić information content (AvgIpc) is 3.37. The first-order valence-electron chi connectivity index (χ1n) is 9.03. The number of imidazole rings is 1. The van der Waals surface area contributed by atoms with Crippen molar-refractivity contribution >= 4 is 5.91 Å². The minimum Gasteiger partial charge on any atom is -0.338 e. The van der Waals surface area contributed by atoms with E-state index in [9.17, 15) is 4.79 Å². The van der Waals surface area contributed by atoms with Crippen LogP contribution in [0.3, 0.4) is 0 Å². The van der Waals surface area contributed by atoms with Gasteiger partial charge in [0.2, 0.25) is 0 Å². The highest BCUT2D eigenvalue weighted by atomic mass is 16.2. The Kier molecular flexibility index (Phi) is 3.91. The van der Waals surface area contributed by atoms with Gasteiger partial charge in [0.25, 0.3) is 5.91 Å². The van der Waals surface area contributed by atoms with Crippen molar-refractivity contribution < 1.29 is 4.79 Å². The standard InChI is InChI=1S/C20H25N3O/c1-14-4-3-5-17(12-14)20(24)22-10-8-18(9-11-22)23-15(2)13-21-19(23)16-6-7-16/h3-5,12-13,16,18H,6-11H2,1-2H3. The number of aromatic nitrogens is 2. The third-order valence-electron chi connectivity index (χ3n) is 5.33. The second kappa shape index (κ2) is 6.08. The fourth-order valence-corrected chi connectivity index (χ4v) is 3.87. The van der Waals surface area contributed by atoms with Gasteiger partial charge in [-0.15, -0.1) is 0 Å². The molecule has 2 aliphatic rings. The highest BCUT2D eigenvalue weighted by molar-refractivity contribution is 5.94. The molecule has 1 aromatic carbocycles. The first-order chi connectivity index (χ1) is 11.6. The Bertz CT molecular complexity index is 752. The summed E-state index contributed by atoms with van der Waals surface area (Å²) >= 11 is 0. The first kappa shape index (κ1) is 15.4. The lowest BCUT2D eigenvalue weighted by molar-refractivity contribution is 0.0693. The third-order valence-corrected chi connectivity index (χ3v) is 5.33. The molecule has 0 unspecified atom stereocenters. The van der Waals surface area contributed by atoms with Crippen molar-refractivity contribution in [1.29, 1.82) is 0 Å². The van der Waals surface area contributed by atoms with E-state index in [2.05, 4.69) is 16.5 Å². The van der Waals surface area contributed by atoms with Gasteiger partial charge in [-0.05, 0) is 51.7 Å². The van der Waals surface area contributed by atoms with Crippen LogP contribution in [0.2, 0.25) is 0 Å². The number of carbonyl (C=O) groups excluding carboxylic acids is 1. The van der Waals surface area contributed by atoms with Crippen LogP contribution in [0.5, 0.6) is 0 Å². The highest BCUT2D eigenvalue weighted by Gasteiger charge is 2.32. The molecule has 0 radical (unpaired) electrons. The number of benzene rings is 1. The second-order valence-corrected chi connectivity index (χ2v) is 7.29. The van der Waals surface area contributed by atoms with E-state index >= 15 is 0 Å². The Morgan fingerprint density at radius 1 is 1.12 bits per heavy atom. The lowest BCUT2D eigenvalue weighted by atomic mass is 10.0. The molecule has 0 N–H and O–H groups in total. The number of carbonyl (C=O) groups is 1. The van der Waals surface area contributed by atoms with Crippen molar-refractivity contribution in [3.05, 3.63) is 53.1 Å². The van der Waals surface area contributed by atoms with E-state index in [0.717, 1.165) is 37.1 Å². The van der Waals surface area contributed by atoms with Crippen LogP contribution in [0.4, 0.5) is 0 Å². The summed E-state index contributed by atoms with van der Waals surface area (Å²) in [6.45, 7) is 5.85. The molecule has 0 bridgehead atoms. The van der Waals surface area contributed by atoms with Gasteiger partial charge in [0.05, 0.1) is 0 Å². The van der Waals surface area contributed by atoms with Gasteiger partial charge in [-0.1, -0.05) is 17.7 Å². The number of nitrogens with zero attached hydrogens (tertiary/aromatic N) is 3. The summed E-state index contributed by atoms with van der Waals surface area (Å²) in [4.78, 5) is 19.4. The Morgan fingerprint density at radius 3 is 2.54 bits per heavy atom. The highest BCUT2D eigenvalue weighted by Crippen LogP contribution is 2.41. The molecule has 2 fully saturated rings. The largest absolute Gasteiger partial charge is 0.338 e. The first-order valence-corrected chi connectivity index (χ1v) is 9.03. The predicted octanol–water partition coefficient (Wildman–Crippen LogP) is 3.85. The van der Waals surface area contributed by atoms with Crippen LogP contribution in [0.1, 0.15) is 65.1 Å². The van der Waals surface area contributed by atoms with Crippen LogP contribution >= 0.6 is 0 Å². The molecule has 4 rings (SSSR count). The third kappa shape index (κ3) is 2.85. The van der Waals surface area contributed by atoms with Gasteiger partial charge in [-0.25, -0.2) is 4.98 Å². The monoisotopic (exact) mass is 323 g/mol. The summed E-state index contributed by atoms with van der Waals surface area (Å²) in [5.41, 5.74) is 3.21. The Hall–Kier alpha value is -2.10. The summed E-state index contributed by atoms with van der Waals surface area (Å²) in [5, 5.41) is 0. The SMILES string of the molecule is Cc1cccc(C(=O)N2CCC(n3c(C)cnc3C3CC3)CC2)c1. The van der Waals surface area contributed by atoms with Crippen LogP contribution in [-0.2, 0) is 0 Å². The lowest BCUT2D eigenvalue weighted by Crippen LogP contribution is -2.39. The number of hydrogen-bond acceptors (Lipinski definition) is 2. The molecule has 2 heterocycles. The summed E-state index contributed by atoms with van der Waals surface area (Å²) in [5.74, 6) is 2.11. The van der Waals surface area contributed by atoms with E-state index in [4.69, 9.17) is 0 Å². The van der Waals surface area contributed by atoms with Crippen molar-refractivity contribution in [3.63, 3.8) is 0 Å². The molecular formula is C20H25N3O. The topological polar surface area (TPSA) is 38.1 Å². The molecule has 1 amide bonds. The summed E-state index contributed by atoms with van der Waals surface area (Å²) in [6.07, 6.45) is 6.61. The maximum absolute atomic E-state index is 12.7. The van der Waals surface area contributed by atoms with Gasteiger partial charge >= 0.3 is 0 Å². The van der Waals surface area contributed by atoms with Crippen LogP contribution in [0, 0.1) is 13.8 Å². The van der Waals surface area contributed by atoms with E-state index in [1.54, 1.807) is 0 Å². The Morgan fingerprint density at radius 2 is 1.88 bits per heavy atom. The predicted molar refractivity (Wildman–Crippen MR) is 94.3 cm³/mol. The number of amides is 1. The summed E-state index contributed by atoms with van der Waals surface area (Å²) in [7, 11) is 0. The molecule has 4 heteroatoms. The number of piperidine rings is 1. The van der Waals surface area contributed by atoms with Crippen molar-refractivity contribution in [2.45, 2.75) is 51.5 Å². The van der Waals surface area contributed by atoms with Gasteiger partial charge in [-0.2, -0.15) is 0 Å². The molecule has 126 valence electrons. The zero-order chi connectivity index (χ0) is 16.7. The van der Waals surface area contributed by atoms with E-state index in [1.165, 1.54) is 24.4 Å². The second-order valence-electron chi connectivity index (χ2n) is 7.29. The molecule has 1 saturated carbocycles. The molecule has 1 aromatic heterocycles. The van der Waals surface area contributed by atoms with Gasteiger partial charge < -0.3 is 9.47 Å². The number of rotatable bonds is 3. The molecule has 2 aromatic rings. The maximum atomic E-state index is 12.7. The van der Waals surface area contributed by atoms with E-state index < -0.39 is 0 Å². The fraction of sp³-hybridized carbons (Fsp3) is 0.500.